The molecule has 0 radical (unpaired) electrons. The molecule has 2 atom stereocenters. The molecular weight excluding hydrogens is 324 g/mol. The standard InChI is InChI=1S/C18H24N2O5/c1-18(17(24)19-14(16(22)23)9-12-25-2)10-6-11-20(18)15(21)13-7-4-3-5-8-13/h3-5,7-8,14H,6,9-12H2,1-2H3,(H,19,24)(H,22,23). The average molecular weight is 348 g/mol. The van der Waals surface area contributed by atoms with Crippen molar-refractivity contribution in [1.82, 2.24) is 10.2 Å². The highest BCUT2D eigenvalue weighted by molar-refractivity contribution is 6.00. The first-order valence-corrected chi connectivity index (χ1v) is 8.30. The van der Waals surface area contributed by atoms with Crippen LogP contribution in [0.25, 0.3) is 0 Å². The molecule has 2 amide bonds. The predicted molar refractivity (Wildman–Crippen MR) is 91.2 cm³/mol. The lowest BCUT2D eigenvalue weighted by molar-refractivity contribution is -0.144. The summed E-state index contributed by atoms with van der Waals surface area (Å²) in [4.78, 5) is 38.4. The summed E-state index contributed by atoms with van der Waals surface area (Å²) in [5, 5.41) is 11.8. The number of carbonyl (C=O) groups is 3. The molecule has 1 saturated heterocycles. The number of aliphatic carboxylic acids is 1. The van der Waals surface area contributed by atoms with E-state index in [-0.39, 0.29) is 18.9 Å². The van der Waals surface area contributed by atoms with Gasteiger partial charge in [-0.2, -0.15) is 0 Å². The molecule has 2 N–H and O–H groups in total. The topological polar surface area (TPSA) is 95.9 Å². The molecule has 1 aromatic rings. The van der Waals surface area contributed by atoms with Gasteiger partial charge in [0.2, 0.25) is 5.91 Å². The molecule has 2 rings (SSSR count). The summed E-state index contributed by atoms with van der Waals surface area (Å²) in [6.45, 7) is 2.37. The highest BCUT2D eigenvalue weighted by Crippen LogP contribution is 2.31. The Kier molecular flexibility index (Phi) is 6.14. The van der Waals surface area contributed by atoms with Gasteiger partial charge in [0, 0.05) is 32.2 Å². The molecule has 0 saturated carbocycles. The van der Waals surface area contributed by atoms with E-state index in [9.17, 15) is 19.5 Å². The maximum absolute atomic E-state index is 12.8. The average Bonchev–Trinajstić information content (AvgIpc) is 3.01. The van der Waals surface area contributed by atoms with E-state index in [2.05, 4.69) is 5.32 Å². The summed E-state index contributed by atoms with van der Waals surface area (Å²) in [6, 6.07) is 7.73. The third kappa shape index (κ3) is 4.17. The van der Waals surface area contributed by atoms with Crippen molar-refractivity contribution in [3.63, 3.8) is 0 Å². The number of carboxylic acids is 1. The molecule has 1 heterocycles. The summed E-state index contributed by atoms with van der Waals surface area (Å²) in [5.41, 5.74) is -0.550. The molecule has 0 spiro atoms. The van der Waals surface area contributed by atoms with Crippen LogP contribution in [0.3, 0.4) is 0 Å². The Morgan fingerprint density at radius 1 is 1.32 bits per heavy atom. The first kappa shape index (κ1) is 18.9. The molecule has 1 fully saturated rings. The molecule has 0 aromatic heterocycles. The molecule has 25 heavy (non-hydrogen) atoms. The normalized spacial score (nSPS) is 21.0. The monoisotopic (exact) mass is 348 g/mol. The number of likely N-dealkylation sites (tertiary alicyclic amines) is 1. The van der Waals surface area contributed by atoms with E-state index in [4.69, 9.17) is 4.74 Å². The van der Waals surface area contributed by atoms with Gasteiger partial charge in [-0.3, -0.25) is 9.59 Å². The van der Waals surface area contributed by atoms with Crippen LogP contribution < -0.4 is 5.32 Å². The zero-order chi connectivity index (χ0) is 18.4. The summed E-state index contributed by atoms with van der Waals surface area (Å²) >= 11 is 0. The number of nitrogens with zero attached hydrogens (tertiary/aromatic N) is 1. The zero-order valence-corrected chi connectivity index (χ0v) is 14.5. The molecule has 1 aliphatic heterocycles. The van der Waals surface area contributed by atoms with E-state index in [0.717, 1.165) is 0 Å². The van der Waals surface area contributed by atoms with Crippen LogP contribution in [0.2, 0.25) is 0 Å². The van der Waals surface area contributed by atoms with Gasteiger partial charge in [-0.15, -0.1) is 0 Å². The van der Waals surface area contributed by atoms with Crippen LogP contribution in [-0.4, -0.2) is 59.6 Å². The van der Waals surface area contributed by atoms with Crippen molar-refractivity contribution in [2.24, 2.45) is 0 Å². The van der Waals surface area contributed by atoms with Gasteiger partial charge in [-0.25, -0.2) is 4.79 Å². The number of nitrogens with one attached hydrogen (secondary N) is 1. The fourth-order valence-corrected chi connectivity index (χ4v) is 3.07. The third-order valence-electron chi connectivity index (χ3n) is 4.61. The third-order valence-corrected chi connectivity index (χ3v) is 4.61. The molecule has 7 heteroatoms. The molecule has 1 aliphatic rings. The van der Waals surface area contributed by atoms with E-state index < -0.39 is 23.5 Å². The van der Waals surface area contributed by atoms with Crippen LogP contribution in [-0.2, 0) is 14.3 Å². The van der Waals surface area contributed by atoms with E-state index >= 15 is 0 Å². The van der Waals surface area contributed by atoms with Crippen molar-refractivity contribution in [2.45, 2.75) is 37.8 Å². The molecule has 136 valence electrons. The molecular formula is C18H24N2O5. The highest BCUT2D eigenvalue weighted by Gasteiger charge is 2.46. The predicted octanol–water partition coefficient (Wildman–Crippen LogP) is 1.29. The van der Waals surface area contributed by atoms with Gasteiger partial charge in [-0.05, 0) is 31.9 Å². The van der Waals surface area contributed by atoms with Crippen molar-refractivity contribution < 1.29 is 24.2 Å². The maximum Gasteiger partial charge on any atom is 0.326 e. The van der Waals surface area contributed by atoms with E-state index in [1.165, 1.54) is 12.0 Å². The van der Waals surface area contributed by atoms with Crippen molar-refractivity contribution in [1.29, 1.82) is 0 Å². The first-order valence-electron chi connectivity index (χ1n) is 8.30. The van der Waals surface area contributed by atoms with Crippen LogP contribution in [0.15, 0.2) is 30.3 Å². The van der Waals surface area contributed by atoms with Gasteiger partial charge in [0.1, 0.15) is 11.6 Å². The molecule has 7 nitrogen and oxygen atoms in total. The van der Waals surface area contributed by atoms with Crippen LogP contribution in [0.4, 0.5) is 0 Å². The van der Waals surface area contributed by atoms with Crippen LogP contribution in [0, 0.1) is 0 Å². The van der Waals surface area contributed by atoms with E-state index in [1.807, 2.05) is 6.07 Å². The lowest BCUT2D eigenvalue weighted by Gasteiger charge is -2.34. The van der Waals surface area contributed by atoms with Crippen molar-refractivity contribution in [3.8, 4) is 0 Å². The molecule has 0 aliphatic carbocycles. The number of carbonyl (C=O) groups excluding carboxylic acids is 2. The molecule has 2 unspecified atom stereocenters. The zero-order valence-electron chi connectivity index (χ0n) is 14.5. The number of carboxylic acid groups (broad SMARTS) is 1. The Morgan fingerprint density at radius 3 is 2.60 bits per heavy atom. The molecule has 1 aromatic carbocycles. The minimum absolute atomic E-state index is 0.167. The van der Waals surface area contributed by atoms with Gasteiger partial charge in [0.05, 0.1) is 0 Å². The first-order chi connectivity index (χ1) is 11.9. The lowest BCUT2D eigenvalue weighted by Crippen LogP contribution is -2.58. The van der Waals surface area contributed by atoms with Gasteiger partial charge >= 0.3 is 5.97 Å². The smallest absolute Gasteiger partial charge is 0.326 e. The second-order valence-corrected chi connectivity index (χ2v) is 6.35. The lowest BCUT2D eigenvalue weighted by atomic mass is 9.96. The SMILES string of the molecule is COCCC(NC(=O)C1(C)CCCN1C(=O)c1ccccc1)C(=O)O. The summed E-state index contributed by atoms with van der Waals surface area (Å²) in [6.07, 6.45) is 1.35. The fraction of sp³-hybridized carbons (Fsp3) is 0.500. The Balaban J connectivity index is 2.15. The Labute approximate surface area is 147 Å². The minimum atomic E-state index is -1.12. The van der Waals surface area contributed by atoms with Gasteiger partial charge < -0.3 is 20.1 Å². The summed E-state index contributed by atoms with van der Waals surface area (Å²) in [5.74, 6) is -1.79. The number of benzene rings is 1. The number of methoxy groups -OCH3 is 1. The van der Waals surface area contributed by atoms with Crippen LogP contribution in [0.5, 0.6) is 0 Å². The second kappa shape index (κ2) is 8.11. The van der Waals surface area contributed by atoms with Crippen LogP contribution >= 0.6 is 0 Å². The van der Waals surface area contributed by atoms with Crippen molar-refractivity contribution >= 4 is 17.8 Å². The summed E-state index contributed by atoms with van der Waals surface area (Å²) in [7, 11) is 1.47. The number of hydrogen-bond acceptors (Lipinski definition) is 4. The highest BCUT2D eigenvalue weighted by atomic mass is 16.5. The van der Waals surface area contributed by atoms with Crippen molar-refractivity contribution in [2.75, 3.05) is 20.3 Å². The van der Waals surface area contributed by atoms with Crippen LogP contribution in [0.1, 0.15) is 36.5 Å². The van der Waals surface area contributed by atoms with E-state index in [0.29, 0.717) is 24.9 Å². The van der Waals surface area contributed by atoms with Gasteiger partial charge in [-0.1, -0.05) is 18.2 Å². The maximum atomic E-state index is 12.8. The van der Waals surface area contributed by atoms with Gasteiger partial charge in [0.25, 0.3) is 5.91 Å². The minimum Gasteiger partial charge on any atom is -0.480 e. The Hall–Kier alpha value is -2.41. The fourth-order valence-electron chi connectivity index (χ4n) is 3.07. The quantitative estimate of drug-likeness (QED) is 0.774. The molecule has 0 bridgehead atoms. The number of ether oxygens (including phenoxy) is 1. The largest absolute Gasteiger partial charge is 0.480 e. The number of amides is 2. The Bertz CT molecular complexity index is 634. The van der Waals surface area contributed by atoms with Gasteiger partial charge in [0.15, 0.2) is 0 Å². The number of hydrogen-bond donors (Lipinski definition) is 2. The van der Waals surface area contributed by atoms with E-state index in [1.54, 1.807) is 31.2 Å². The number of rotatable bonds is 7. The Morgan fingerprint density at radius 2 is 2.00 bits per heavy atom. The summed E-state index contributed by atoms with van der Waals surface area (Å²) < 4.78 is 4.89. The van der Waals surface area contributed by atoms with Crippen molar-refractivity contribution in [3.05, 3.63) is 35.9 Å². The second-order valence-electron chi connectivity index (χ2n) is 6.35.